The van der Waals surface area contributed by atoms with Gasteiger partial charge < -0.3 is 10.6 Å². The Morgan fingerprint density at radius 3 is 1.18 bits per heavy atom. The van der Waals surface area contributed by atoms with E-state index >= 15 is 0 Å². The first-order valence-corrected chi connectivity index (χ1v) is 14.5. The summed E-state index contributed by atoms with van der Waals surface area (Å²) in [6.07, 6.45) is 3.23. The molecule has 2 atom stereocenters. The molecule has 1 fully saturated rings. The van der Waals surface area contributed by atoms with Crippen LogP contribution in [0.25, 0.3) is 0 Å². The molecular formula is C22H42Cl2CuN6O8. The molecule has 14 nitrogen and oxygen atoms in total. The van der Waals surface area contributed by atoms with Crippen LogP contribution in [0.2, 0.25) is 0 Å². The minimum absolute atomic E-state index is 0. The fourth-order valence-electron chi connectivity index (χ4n) is 4.45. The molecule has 1 aliphatic rings. The van der Waals surface area contributed by atoms with E-state index in [4.69, 9.17) is 47.8 Å². The molecule has 0 unspecified atom stereocenters. The molecular weight excluding hydrogens is 611 g/mol. The van der Waals surface area contributed by atoms with Gasteiger partial charge in [-0.05, 0) is 54.4 Å². The fourth-order valence-corrected chi connectivity index (χ4v) is 4.45. The number of nitrogens with zero attached hydrogens (tertiary/aromatic N) is 4. The SMILES string of the molecule is C[C@H]1CC(C)(C)NCCN(CCC#N)[C@@H](C)CC(C)(C)NCCN1CCC#N.[Cu+2].[O-][Cl+3]([O-])([O-])[O-].[O-][Cl+3]([O-])([O-])[O-]. The summed E-state index contributed by atoms with van der Waals surface area (Å²) in [5.41, 5.74) is 0.0660. The average molecular weight is 653 g/mol. The van der Waals surface area contributed by atoms with Gasteiger partial charge in [0.05, 0.1) is 12.1 Å². The Morgan fingerprint density at radius 2 is 0.949 bits per heavy atom. The van der Waals surface area contributed by atoms with Crippen LogP contribution in [-0.4, -0.2) is 72.2 Å². The molecule has 0 aromatic carbocycles. The van der Waals surface area contributed by atoms with E-state index < -0.39 is 20.5 Å². The van der Waals surface area contributed by atoms with Gasteiger partial charge in [-0.25, -0.2) is 37.3 Å². The third-order valence-corrected chi connectivity index (χ3v) is 5.88. The Morgan fingerprint density at radius 1 is 0.692 bits per heavy atom. The van der Waals surface area contributed by atoms with E-state index in [2.05, 4.69) is 74.1 Å². The van der Waals surface area contributed by atoms with Gasteiger partial charge >= 0.3 is 17.1 Å². The van der Waals surface area contributed by atoms with Gasteiger partial charge in [-0.15, -0.1) is 20.5 Å². The first-order chi connectivity index (χ1) is 17.1. The van der Waals surface area contributed by atoms with E-state index in [9.17, 15) is 0 Å². The molecule has 1 heterocycles. The van der Waals surface area contributed by atoms with Crippen molar-refractivity contribution in [2.24, 2.45) is 0 Å². The zero-order valence-electron chi connectivity index (χ0n) is 23.3. The molecule has 1 rings (SSSR count). The van der Waals surface area contributed by atoms with Gasteiger partial charge in [-0.2, -0.15) is 10.5 Å². The first-order valence-electron chi connectivity index (χ1n) is 12.1. The van der Waals surface area contributed by atoms with Gasteiger partial charge in [0.1, 0.15) is 0 Å². The standard InChI is InChI=1S/C22H42N6.2ClHO4.Cu/c1-19-17-21(3,4)25-12-16-28(14-8-10-24)20(2)18-22(5,6)26-11-15-27(19)13-7-9-23;2*2-1(3,4)5;/h19-20,25-26H,7-8,11-18H2,1-6H3;2*(H,2,3,4,5);/q;;;+2/p-2/t19-,20-;;;/m0.../s1. The van der Waals surface area contributed by atoms with Crippen LogP contribution in [0.4, 0.5) is 0 Å². The second-order valence-electron chi connectivity index (χ2n) is 10.4. The van der Waals surface area contributed by atoms with E-state index in [1.54, 1.807) is 0 Å². The molecule has 0 bridgehead atoms. The van der Waals surface area contributed by atoms with E-state index in [0.29, 0.717) is 24.9 Å². The van der Waals surface area contributed by atoms with E-state index in [0.717, 1.165) is 52.1 Å². The first kappa shape index (κ1) is 43.1. The minimum atomic E-state index is -4.94. The molecule has 39 heavy (non-hydrogen) atoms. The molecule has 0 aromatic rings. The second-order valence-corrected chi connectivity index (χ2v) is 11.9. The number of nitrogens with one attached hydrogen (secondary N) is 2. The van der Waals surface area contributed by atoms with Crippen molar-refractivity contribution >= 4 is 0 Å². The van der Waals surface area contributed by atoms with Crippen molar-refractivity contribution in [3.63, 3.8) is 0 Å². The van der Waals surface area contributed by atoms with Crippen LogP contribution >= 0.6 is 0 Å². The van der Waals surface area contributed by atoms with Crippen LogP contribution in [0.3, 0.4) is 0 Å². The number of hydrogen-bond acceptors (Lipinski definition) is 14. The Balaban J connectivity index is -0.00000100. The predicted octanol–water partition coefficient (Wildman–Crippen LogP) is -6.79. The van der Waals surface area contributed by atoms with Crippen molar-refractivity contribution in [3.05, 3.63) is 0 Å². The summed E-state index contributed by atoms with van der Waals surface area (Å²) < 4.78 is 67.9. The summed E-state index contributed by atoms with van der Waals surface area (Å²) in [5, 5.41) is 25.5. The monoisotopic (exact) mass is 651 g/mol. The third-order valence-electron chi connectivity index (χ3n) is 5.88. The van der Waals surface area contributed by atoms with Crippen LogP contribution in [0, 0.1) is 43.1 Å². The molecule has 1 saturated heterocycles. The summed E-state index contributed by atoms with van der Waals surface area (Å²) in [6, 6.07) is 5.43. The van der Waals surface area contributed by atoms with Gasteiger partial charge in [0.15, 0.2) is 0 Å². The summed E-state index contributed by atoms with van der Waals surface area (Å²) in [6.45, 7) is 19.0. The van der Waals surface area contributed by atoms with E-state index in [-0.39, 0.29) is 28.1 Å². The maximum atomic E-state index is 9.03. The largest absolute Gasteiger partial charge is 2.00 e. The Hall–Kier alpha value is -0.401. The van der Waals surface area contributed by atoms with Crippen molar-refractivity contribution in [2.75, 3.05) is 39.3 Å². The number of rotatable bonds is 4. The molecule has 0 aliphatic carbocycles. The molecule has 17 heteroatoms. The Kier molecular flexibility index (Phi) is 22.6. The van der Waals surface area contributed by atoms with E-state index in [1.807, 2.05) is 0 Å². The topological polar surface area (TPSA) is 263 Å². The fraction of sp³-hybridized carbons (Fsp3) is 0.909. The summed E-state index contributed by atoms with van der Waals surface area (Å²) >= 11 is 0. The van der Waals surface area contributed by atoms with Crippen LogP contribution < -0.4 is 47.9 Å². The predicted molar refractivity (Wildman–Crippen MR) is 116 cm³/mol. The third kappa shape index (κ3) is 30.4. The summed E-state index contributed by atoms with van der Waals surface area (Å²) in [7, 11) is -9.89. The second kappa shape index (κ2) is 20.5. The smallest absolute Gasteiger partial charge is 0.310 e. The van der Waals surface area contributed by atoms with Crippen LogP contribution in [0.5, 0.6) is 0 Å². The minimum Gasteiger partial charge on any atom is -0.310 e. The number of nitriles is 2. The van der Waals surface area contributed by atoms with Gasteiger partial charge in [0.25, 0.3) is 0 Å². The normalized spacial score (nSPS) is 23.2. The van der Waals surface area contributed by atoms with Crippen LogP contribution in [0.1, 0.15) is 67.2 Å². The van der Waals surface area contributed by atoms with Crippen molar-refractivity contribution < 1.29 is 74.8 Å². The number of halogens is 2. The maximum Gasteiger partial charge on any atom is 2.00 e. The van der Waals surface area contributed by atoms with E-state index in [1.165, 1.54) is 0 Å². The van der Waals surface area contributed by atoms with Crippen molar-refractivity contribution in [2.45, 2.75) is 90.4 Å². The zero-order chi connectivity index (χ0) is 30.2. The Labute approximate surface area is 247 Å². The molecule has 0 amide bonds. The molecule has 0 aromatic heterocycles. The quantitative estimate of drug-likeness (QED) is 0.267. The van der Waals surface area contributed by atoms with Gasteiger partial charge in [0.2, 0.25) is 0 Å². The Bertz CT molecular complexity index is 657. The van der Waals surface area contributed by atoms with Crippen molar-refractivity contribution in [1.82, 2.24) is 20.4 Å². The molecule has 1 radical (unpaired) electrons. The molecule has 2 N–H and O–H groups in total. The zero-order valence-corrected chi connectivity index (χ0v) is 25.8. The molecule has 0 saturated carbocycles. The molecule has 233 valence electrons. The summed E-state index contributed by atoms with van der Waals surface area (Å²) in [4.78, 5) is 4.90. The van der Waals surface area contributed by atoms with Gasteiger partial charge in [-0.3, -0.25) is 9.80 Å². The number of hydrogen-bond donors (Lipinski definition) is 2. The maximum absolute atomic E-state index is 9.03. The van der Waals surface area contributed by atoms with Crippen LogP contribution in [-0.2, 0) is 17.1 Å². The van der Waals surface area contributed by atoms with Crippen molar-refractivity contribution in [1.29, 1.82) is 10.5 Å². The average Bonchev–Trinajstić information content (AvgIpc) is 2.68. The summed E-state index contributed by atoms with van der Waals surface area (Å²) in [5.74, 6) is 0. The molecule has 1 aliphatic heterocycles. The van der Waals surface area contributed by atoms with Gasteiger partial charge in [-0.1, -0.05) is 0 Å². The van der Waals surface area contributed by atoms with Crippen molar-refractivity contribution in [3.8, 4) is 12.1 Å². The van der Waals surface area contributed by atoms with Gasteiger partial charge in [0, 0.05) is 75.3 Å². The molecule has 0 spiro atoms. The van der Waals surface area contributed by atoms with Crippen LogP contribution in [0.15, 0.2) is 0 Å².